The maximum atomic E-state index is 15.4. The first-order chi connectivity index (χ1) is 25.8. The second-order valence-corrected chi connectivity index (χ2v) is 21.0. The number of rotatable bonds is 9. The molecule has 7 rings (SSSR count). The van der Waals surface area contributed by atoms with Crippen LogP contribution in [-0.4, -0.2) is 61.0 Å². The molecule has 54 heavy (non-hydrogen) atoms. The minimum absolute atomic E-state index is 0.129. The van der Waals surface area contributed by atoms with Crippen LogP contribution in [0, 0.1) is 27.7 Å². The van der Waals surface area contributed by atoms with Gasteiger partial charge in [-0.15, -0.1) is 0 Å². The van der Waals surface area contributed by atoms with Gasteiger partial charge in [-0.25, -0.2) is 0 Å². The summed E-state index contributed by atoms with van der Waals surface area (Å²) in [5.41, 5.74) is 5.75. The highest BCUT2D eigenvalue weighted by atomic mass is 28.4. The molecular weight excluding hydrogens is 683 g/mol. The Morgan fingerprint density at radius 3 is 1.74 bits per heavy atom. The molecule has 7 heteroatoms. The molecule has 0 aliphatic carbocycles. The minimum Gasteiger partial charge on any atom is -0.403 e. The van der Waals surface area contributed by atoms with Crippen LogP contribution in [-0.2, 0) is 10.0 Å². The van der Waals surface area contributed by atoms with Crippen LogP contribution < -0.4 is 15.3 Å². The van der Waals surface area contributed by atoms with Gasteiger partial charge in [-0.05, 0) is 79.6 Å². The van der Waals surface area contributed by atoms with Crippen LogP contribution in [0.1, 0.15) is 83.8 Å². The Hall–Kier alpha value is -4.56. The summed E-state index contributed by atoms with van der Waals surface area (Å²) in [5.74, 6) is -0.129. The van der Waals surface area contributed by atoms with Crippen LogP contribution in [0.5, 0.6) is 0 Å². The van der Waals surface area contributed by atoms with E-state index in [0.717, 1.165) is 65.0 Å². The zero-order valence-corrected chi connectivity index (χ0v) is 34.0. The Morgan fingerprint density at radius 1 is 0.759 bits per heavy atom. The molecule has 2 aliphatic heterocycles. The third kappa shape index (κ3) is 6.94. The standard InChI is InChI=1S/C47H55N3O3Si/c1-33-24-34(2)27-37(26-33)47(52,38-28-35(3)25-36(4)29-38)44-30-39(32-50(44)45(51)42-31-48-21-20-43(42)49-22-14-15-23-49)53-54(46(5,6)7,40-16-10-8-11-17-40)41-18-12-9-13-19-41/h8-13,16-21,24-29,31,39,44,52H,14-15,22-23,30,32H2,1-7H3/t39-,44+/m1/s1. The minimum atomic E-state index is -3.01. The highest BCUT2D eigenvalue weighted by Crippen LogP contribution is 2.45. The number of carbonyl (C=O) groups is 1. The van der Waals surface area contributed by atoms with E-state index < -0.39 is 20.0 Å². The van der Waals surface area contributed by atoms with Crippen LogP contribution in [0.3, 0.4) is 0 Å². The van der Waals surface area contributed by atoms with Crippen molar-refractivity contribution in [3.8, 4) is 0 Å². The molecule has 280 valence electrons. The lowest BCUT2D eigenvalue weighted by Gasteiger charge is -2.44. The zero-order valence-electron chi connectivity index (χ0n) is 33.0. The number of hydrogen-bond donors (Lipinski definition) is 1. The van der Waals surface area contributed by atoms with Crippen molar-refractivity contribution in [3.63, 3.8) is 0 Å². The molecule has 3 heterocycles. The molecule has 0 unspecified atom stereocenters. The molecule has 1 amide bonds. The van der Waals surface area contributed by atoms with Crippen LogP contribution >= 0.6 is 0 Å². The largest absolute Gasteiger partial charge is 0.403 e. The first-order valence-electron chi connectivity index (χ1n) is 19.5. The van der Waals surface area contributed by atoms with Crippen LogP contribution in [0.25, 0.3) is 0 Å². The molecule has 1 N–H and O–H groups in total. The van der Waals surface area contributed by atoms with Gasteiger partial charge in [0.2, 0.25) is 0 Å². The molecule has 2 aliphatic rings. The summed E-state index contributed by atoms with van der Waals surface area (Å²) in [6, 6.07) is 35.3. The Bertz CT molecular complexity index is 1980. The number of anilines is 1. The lowest BCUT2D eigenvalue weighted by Crippen LogP contribution is -2.67. The van der Waals surface area contributed by atoms with Gasteiger partial charge in [0.1, 0.15) is 5.60 Å². The van der Waals surface area contributed by atoms with Crippen molar-refractivity contribution >= 4 is 30.3 Å². The van der Waals surface area contributed by atoms with Crippen molar-refractivity contribution in [2.75, 3.05) is 24.5 Å². The number of nitrogens with zero attached hydrogens (tertiary/aromatic N) is 3. The van der Waals surface area contributed by atoms with E-state index >= 15 is 4.79 Å². The van der Waals surface area contributed by atoms with E-state index in [2.05, 4.69) is 155 Å². The van der Waals surface area contributed by atoms with Gasteiger partial charge in [-0.1, -0.05) is 140 Å². The molecule has 0 spiro atoms. The smallest absolute Gasteiger partial charge is 0.261 e. The van der Waals surface area contributed by atoms with Crippen molar-refractivity contribution in [1.82, 2.24) is 9.88 Å². The lowest BCUT2D eigenvalue weighted by molar-refractivity contribution is -0.00116. The van der Waals surface area contributed by atoms with Gasteiger partial charge in [-0.3, -0.25) is 9.78 Å². The molecule has 0 radical (unpaired) electrons. The maximum absolute atomic E-state index is 15.4. The van der Waals surface area contributed by atoms with Gasteiger partial charge in [0.25, 0.3) is 14.2 Å². The van der Waals surface area contributed by atoms with Crippen molar-refractivity contribution in [1.29, 1.82) is 0 Å². The van der Waals surface area contributed by atoms with Gasteiger partial charge >= 0.3 is 0 Å². The fraction of sp³-hybridized carbons (Fsp3) is 0.362. The zero-order chi connectivity index (χ0) is 38.3. The van der Waals surface area contributed by atoms with E-state index in [-0.39, 0.29) is 17.0 Å². The molecule has 2 atom stereocenters. The molecule has 4 aromatic carbocycles. The summed E-state index contributed by atoms with van der Waals surface area (Å²) in [6.07, 6.45) is 5.77. The maximum Gasteiger partial charge on any atom is 0.261 e. The highest BCUT2D eigenvalue weighted by molar-refractivity contribution is 6.99. The summed E-state index contributed by atoms with van der Waals surface area (Å²) < 4.78 is 7.78. The lowest BCUT2D eigenvalue weighted by atomic mass is 9.77. The third-order valence-corrected chi connectivity index (χ3v) is 16.7. The molecule has 0 saturated carbocycles. The number of hydrogen-bond acceptors (Lipinski definition) is 5. The predicted molar refractivity (Wildman–Crippen MR) is 222 cm³/mol. The van der Waals surface area contributed by atoms with Gasteiger partial charge in [0.05, 0.1) is 23.4 Å². The van der Waals surface area contributed by atoms with E-state index in [4.69, 9.17) is 4.43 Å². The van der Waals surface area contributed by atoms with Crippen molar-refractivity contribution in [2.45, 2.75) is 90.5 Å². The van der Waals surface area contributed by atoms with Gasteiger partial charge in [0.15, 0.2) is 0 Å². The third-order valence-electron chi connectivity index (χ3n) is 11.6. The fourth-order valence-corrected chi connectivity index (χ4v) is 14.0. The fourth-order valence-electron chi connectivity index (χ4n) is 9.33. The van der Waals surface area contributed by atoms with Crippen LogP contribution in [0.2, 0.25) is 5.04 Å². The monoisotopic (exact) mass is 737 g/mol. The first kappa shape index (κ1) is 37.7. The van der Waals surface area contributed by atoms with E-state index in [0.29, 0.717) is 18.5 Å². The topological polar surface area (TPSA) is 65.9 Å². The summed E-state index contributed by atoms with van der Waals surface area (Å²) in [6.45, 7) is 17.3. The molecule has 2 fully saturated rings. The van der Waals surface area contributed by atoms with E-state index in [1.807, 2.05) is 11.0 Å². The number of amides is 1. The van der Waals surface area contributed by atoms with E-state index in [1.165, 1.54) is 10.4 Å². The van der Waals surface area contributed by atoms with E-state index in [1.54, 1.807) is 12.4 Å². The Balaban J connectivity index is 1.43. The Kier molecular flexibility index (Phi) is 10.4. The predicted octanol–water partition coefficient (Wildman–Crippen LogP) is 8.01. The summed E-state index contributed by atoms with van der Waals surface area (Å²) in [4.78, 5) is 24.1. The van der Waals surface area contributed by atoms with Crippen molar-refractivity contribution < 1.29 is 14.3 Å². The number of likely N-dealkylation sites (tertiary alicyclic amines) is 1. The first-order valence-corrected chi connectivity index (χ1v) is 21.4. The number of carbonyl (C=O) groups excluding carboxylic acids is 1. The van der Waals surface area contributed by atoms with Crippen LogP contribution in [0.15, 0.2) is 116 Å². The quantitative estimate of drug-likeness (QED) is 0.155. The van der Waals surface area contributed by atoms with Gasteiger partial charge in [0, 0.05) is 32.0 Å². The molecule has 6 nitrogen and oxygen atoms in total. The van der Waals surface area contributed by atoms with Crippen molar-refractivity contribution in [2.24, 2.45) is 0 Å². The second-order valence-electron chi connectivity index (χ2n) is 16.7. The summed E-state index contributed by atoms with van der Waals surface area (Å²) >= 11 is 0. The van der Waals surface area contributed by atoms with Gasteiger partial charge < -0.3 is 19.3 Å². The number of aliphatic hydroxyl groups is 1. The van der Waals surface area contributed by atoms with Gasteiger partial charge in [-0.2, -0.15) is 0 Å². The molecule has 1 aromatic heterocycles. The average molecular weight is 738 g/mol. The molecular formula is C47H55N3O3Si. The normalized spacial score (nSPS) is 18.0. The molecule has 0 bridgehead atoms. The number of pyridine rings is 1. The number of aryl methyl sites for hydroxylation is 4. The number of aromatic nitrogens is 1. The summed E-state index contributed by atoms with van der Waals surface area (Å²) in [7, 11) is -3.01. The van der Waals surface area contributed by atoms with E-state index in [9.17, 15) is 5.11 Å². The number of benzene rings is 4. The molecule has 2 saturated heterocycles. The van der Waals surface area contributed by atoms with Crippen molar-refractivity contribution in [3.05, 3.63) is 154 Å². The SMILES string of the molecule is Cc1cc(C)cc(C(O)(c2cc(C)cc(C)c2)[C@@H]2C[C@@H](O[Si](c3ccccc3)(c3ccccc3)C(C)(C)C)CN2C(=O)c2cnccc2N2CCCC2)c1. The molecule has 5 aromatic rings. The highest BCUT2D eigenvalue weighted by Gasteiger charge is 2.56. The second kappa shape index (κ2) is 14.9. The Morgan fingerprint density at radius 2 is 1.26 bits per heavy atom. The summed E-state index contributed by atoms with van der Waals surface area (Å²) in [5, 5.41) is 15.9. The Labute approximate surface area is 323 Å². The van der Waals surface area contributed by atoms with Crippen LogP contribution in [0.4, 0.5) is 5.69 Å². The average Bonchev–Trinajstić information content (AvgIpc) is 3.84.